The summed E-state index contributed by atoms with van der Waals surface area (Å²) >= 11 is 0. The number of hydrogen-bond donors (Lipinski definition) is 1. The van der Waals surface area contributed by atoms with E-state index in [1.165, 1.54) is 5.57 Å². The molecule has 4 heteroatoms. The number of esters is 1. The van der Waals surface area contributed by atoms with Gasteiger partial charge in [0.2, 0.25) is 0 Å². The van der Waals surface area contributed by atoms with Gasteiger partial charge in [0, 0.05) is 5.56 Å². The Bertz CT molecular complexity index is 804. The Kier molecular flexibility index (Phi) is 7.18. The molecule has 0 aliphatic carbocycles. The first-order chi connectivity index (χ1) is 12.5. The second kappa shape index (κ2) is 9.59. The Balaban J connectivity index is 2.43. The average Bonchev–Trinajstić information content (AvgIpc) is 2.65. The SMILES string of the molecule is COc1cc(C=Cc2ccccc2)cc(OC(=O)CN)c1CC=C(C)C. The molecule has 0 atom stereocenters. The van der Waals surface area contributed by atoms with Gasteiger partial charge >= 0.3 is 5.97 Å². The largest absolute Gasteiger partial charge is 0.496 e. The van der Waals surface area contributed by atoms with Crippen molar-refractivity contribution in [3.8, 4) is 11.5 Å². The first-order valence-electron chi connectivity index (χ1n) is 8.51. The summed E-state index contributed by atoms with van der Waals surface area (Å²) < 4.78 is 11.0. The summed E-state index contributed by atoms with van der Waals surface area (Å²) in [5, 5.41) is 0. The number of hydrogen-bond acceptors (Lipinski definition) is 4. The van der Waals surface area contributed by atoms with Gasteiger partial charge in [-0.2, -0.15) is 0 Å². The molecule has 0 heterocycles. The number of carbonyl (C=O) groups is 1. The molecule has 0 unspecified atom stereocenters. The number of carbonyl (C=O) groups excluding carboxylic acids is 1. The van der Waals surface area contributed by atoms with Gasteiger partial charge in [0.1, 0.15) is 11.5 Å². The van der Waals surface area contributed by atoms with Crippen LogP contribution in [0.2, 0.25) is 0 Å². The van der Waals surface area contributed by atoms with Crippen LogP contribution in [0.5, 0.6) is 11.5 Å². The van der Waals surface area contributed by atoms with Gasteiger partial charge in [-0.25, -0.2) is 0 Å². The van der Waals surface area contributed by atoms with Crippen LogP contribution < -0.4 is 15.2 Å². The maximum Gasteiger partial charge on any atom is 0.325 e. The van der Waals surface area contributed by atoms with Crippen LogP contribution in [0.15, 0.2) is 54.1 Å². The van der Waals surface area contributed by atoms with Gasteiger partial charge in [-0.1, -0.05) is 54.1 Å². The molecule has 0 saturated carbocycles. The Hall–Kier alpha value is -2.85. The quantitative estimate of drug-likeness (QED) is 0.351. The van der Waals surface area contributed by atoms with Crippen molar-refractivity contribution in [1.29, 1.82) is 0 Å². The third-order valence-corrected chi connectivity index (χ3v) is 3.78. The lowest BCUT2D eigenvalue weighted by Gasteiger charge is -2.14. The average molecular weight is 351 g/mol. The maximum absolute atomic E-state index is 11.7. The molecule has 2 N–H and O–H groups in total. The van der Waals surface area contributed by atoms with Crippen LogP contribution in [0.1, 0.15) is 30.5 Å². The van der Waals surface area contributed by atoms with E-state index in [0.717, 1.165) is 16.7 Å². The predicted molar refractivity (Wildman–Crippen MR) is 106 cm³/mol. The molecule has 0 amide bonds. The number of nitrogens with two attached hydrogens (primary N) is 1. The fourth-order valence-corrected chi connectivity index (χ4v) is 2.44. The lowest BCUT2D eigenvalue weighted by atomic mass is 10.0. The minimum absolute atomic E-state index is 0.172. The van der Waals surface area contributed by atoms with Crippen LogP contribution in [0.4, 0.5) is 0 Å². The number of benzene rings is 2. The van der Waals surface area contributed by atoms with Crippen LogP contribution in [0, 0.1) is 0 Å². The van der Waals surface area contributed by atoms with E-state index in [9.17, 15) is 4.79 Å². The third-order valence-electron chi connectivity index (χ3n) is 3.78. The van der Waals surface area contributed by atoms with Crippen molar-refractivity contribution in [1.82, 2.24) is 0 Å². The molecule has 0 bridgehead atoms. The fourth-order valence-electron chi connectivity index (χ4n) is 2.44. The van der Waals surface area contributed by atoms with Crippen LogP contribution in [0.25, 0.3) is 12.2 Å². The van der Waals surface area contributed by atoms with Gasteiger partial charge in [0.15, 0.2) is 0 Å². The first-order valence-corrected chi connectivity index (χ1v) is 8.51. The molecule has 26 heavy (non-hydrogen) atoms. The van der Waals surface area contributed by atoms with Crippen molar-refractivity contribution in [3.05, 3.63) is 70.8 Å². The van der Waals surface area contributed by atoms with E-state index >= 15 is 0 Å². The van der Waals surface area contributed by atoms with Crippen LogP contribution in [0.3, 0.4) is 0 Å². The zero-order chi connectivity index (χ0) is 18.9. The van der Waals surface area contributed by atoms with Crippen molar-refractivity contribution in [2.45, 2.75) is 20.3 Å². The Morgan fingerprint density at radius 3 is 2.31 bits per heavy atom. The van der Waals surface area contributed by atoms with Gasteiger partial charge in [-0.15, -0.1) is 0 Å². The van der Waals surface area contributed by atoms with E-state index in [-0.39, 0.29) is 6.54 Å². The van der Waals surface area contributed by atoms with E-state index in [0.29, 0.717) is 17.9 Å². The van der Waals surface area contributed by atoms with Crippen molar-refractivity contribution in [2.75, 3.05) is 13.7 Å². The smallest absolute Gasteiger partial charge is 0.325 e. The number of ether oxygens (including phenoxy) is 2. The molecule has 2 rings (SSSR count). The van der Waals surface area contributed by atoms with Crippen molar-refractivity contribution in [3.63, 3.8) is 0 Å². The standard InChI is InChI=1S/C22H25NO3/c1-16(2)9-12-19-20(25-3)13-18(14-21(19)26-22(24)15-23)11-10-17-7-5-4-6-8-17/h4-11,13-14H,12,15,23H2,1-3H3. The minimum atomic E-state index is -0.477. The molecular formula is C22H25NO3. The summed E-state index contributed by atoms with van der Waals surface area (Å²) in [6.45, 7) is 3.87. The van der Waals surface area contributed by atoms with Gasteiger partial charge in [0.05, 0.1) is 13.7 Å². The van der Waals surface area contributed by atoms with Crippen molar-refractivity contribution in [2.24, 2.45) is 5.73 Å². The molecule has 0 aliphatic heterocycles. The molecule has 0 radical (unpaired) electrons. The summed E-state index contributed by atoms with van der Waals surface area (Å²) in [7, 11) is 1.61. The molecule has 0 spiro atoms. The van der Waals surface area contributed by atoms with Gasteiger partial charge in [-0.05, 0) is 43.5 Å². The maximum atomic E-state index is 11.7. The third kappa shape index (κ3) is 5.60. The van der Waals surface area contributed by atoms with Gasteiger partial charge < -0.3 is 15.2 Å². The Morgan fingerprint density at radius 2 is 1.69 bits per heavy atom. The van der Waals surface area contributed by atoms with Crippen molar-refractivity contribution >= 4 is 18.1 Å². The van der Waals surface area contributed by atoms with Gasteiger partial charge in [-0.3, -0.25) is 4.79 Å². The molecule has 0 saturated heterocycles. The number of rotatable bonds is 7. The van der Waals surface area contributed by atoms with Crippen LogP contribution in [-0.4, -0.2) is 19.6 Å². The van der Waals surface area contributed by atoms with Crippen molar-refractivity contribution < 1.29 is 14.3 Å². The summed E-state index contributed by atoms with van der Waals surface area (Å²) in [6, 6.07) is 13.8. The highest BCUT2D eigenvalue weighted by atomic mass is 16.5. The zero-order valence-electron chi connectivity index (χ0n) is 15.5. The predicted octanol–water partition coefficient (Wildman–Crippen LogP) is 4.24. The highest BCUT2D eigenvalue weighted by molar-refractivity contribution is 5.77. The second-order valence-corrected chi connectivity index (χ2v) is 6.11. The van der Waals surface area contributed by atoms with E-state index in [4.69, 9.17) is 15.2 Å². The van der Waals surface area contributed by atoms with Crippen LogP contribution >= 0.6 is 0 Å². The molecule has 0 aliphatic rings. The van der Waals surface area contributed by atoms with E-state index in [1.54, 1.807) is 7.11 Å². The summed E-state index contributed by atoms with van der Waals surface area (Å²) in [6.07, 6.45) is 6.64. The fraction of sp³-hybridized carbons (Fsp3) is 0.227. The first kappa shape index (κ1) is 19.5. The highest BCUT2D eigenvalue weighted by Crippen LogP contribution is 2.32. The normalized spacial score (nSPS) is 10.6. The second-order valence-electron chi connectivity index (χ2n) is 6.11. The molecule has 2 aromatic carbocycles. The molecule has 136 valence electrons. The minimum Gasteiger partial charge on any atom is -0.496 e. The molecular weight excluding hydrogens is 326 g/mol. The molecule has 0 aromatic heterocycles. The van der Waals surface area contributed by atoms with E-state index in [1.807, 2.05) is 68.5 Å². The monoisotopic (exact) mass is 351 g/mol. The number of allylic oxidation sites excluding steroid dienone is 2. The topological polar surface area (TPSA) is 61.5 Å². The number of methoxy groups -OCH3 is 1. The Morgan fingerprint density at radius 1 is 1.04 bits per heavy atom. The lowest BCUT2D eigenvalue weighted by molar-refractivity contribution is -0.132. The molecule has 4 nitrogen and oxygen atoms in total. The molecule has 2 aromatic rings. The summed E-state index contributed by atoms with van der Waals surface area (Å²) in [4.78, 5) is 11.7. The van der Waals surface area contributed by atoms with E-state index in [2.05, 4.69) is 6.08 Å². The molecule has 0 fully saturated rings. The van der Waals surface area contributed by atoms with Crippen LogP contribution in [-0.2, 0) is 11.2 Å². The van der Waals surface area contributed by atoms with E-state index < -0.39 is 5.97 Å². The summed E-state index contributed by atoms with van der Waals surface area (Å²) in [5.41, 5.74) is 9.37. The lowest BCUT2D eigenvalue weighted by Crippen LogP contribution is -2.20. The highest BCUT2D eigenvalue weighted by Gasteiger charge is 2.14. The van der Waals surface area contributed by atoms with Gasteiger partial charge in [0.25, 0.3) is 0 Å². The Labute approximate surface area is 154 Å². The summed E-state index contributed by atoms with van der Waals surface area (Å²) in [5.74, 6) is 0.678. The zero-order valence-corrected chi connectivity index (χ0v) is 15.5.